The lowest BCUT2D eigenvalue weighted by atomic mass is 10.2. The molecule has 0 atom stereocenters. The summed E-state index contributed by atoms with van der Waals surface area (Å²) >= 11 is 0. The SMILES string of the molecule is C=C(C)C(=O)OCCNCC(=O)Nc1ccc(C#N)cc1. The number of carbonyl (C=O) groups excluding carboxylic acids is 2. The summed E-state index contributed by atoms with van der Waals surface area (Å²) in [5.74, 6) is -0.662. The number of nitrogens with zero attached hydrogens (tertiary/aromatic N) is 1. The van der Waals surface area contributed by atoms with Crippen molar-refractivity contribution in [3.8, 4) is 6.07 Å². The molecule has 1 aromatic rings. The highest BCUT2D eigenvalue weighted by atomic mass is 16.5. The van der Waals surface area contributed by atoms with Gasteiger partial charge < -0.3 is 15.4 Å². The van der Waals surface area contributed by atoms with Gasteiger partial charge in [-0.2, -0.15) is 5.26 Å². The zero-order valence-electron chi connectivity index (χ0n) is 11.8. The molecule has 0 bridgehead atoms. The van der Waals surface area contributed by atoms with E-state index in [9.17, 15) is 9.59 Å². The van der Waals surface area contributed by atoms with Gasteiger partial charge in [0, 0.05) is 17.8 Å². The number of amides is 1. The van der Waals surface area contributed by atoms with Crippen molar-refractivity contribution >= 4 is 17.6 Å². The molecular weight excluding hydrogens is 270 g/mol. The summed E-state index contributed by atoms with van der Waals surface area (Å²) < 4.78 is 4.87. The number of hydrogen-bond donors (Lipinski definition) is 2. The first kappa shape index (κ1) is 16.4. The van der Waals surface area contributed by atoms with Crippen molar-refractivity contribution in [1.29, 1.82) is 5.26 Å². The van der Waals surface area contributed by atoms with Crippen LogP contribution in [0.1, 0.15) is 12.5 Å². The average Bonchev–Trinajstić information content (AvgIpc) is 2.47. The number of rotatable bonds is 7. The number of ether oxygens (including phenoxy) is 1. The second-order valence-electron chi connectivity index (χ2n) is 4.33. The summed E-state index contributed by atoms with van der Waals surface area (Å²) in [6.07, 6.45) is 0. The van der Waals surface area contributed by atoms with Gasteiger partial charge in [0.1, 0.15) is 6.61 Å². The number of hydrogen-bond acceptors (Lipinski definition) is 5. The highest BCUT2D eigenvalue weighted by Gasteiger charge is 2.04. The first-order chi connectivity index (χ1) is 10.0. The largest absolute Gasteiger partial charge is 0.461 e. The van der Waals surface area contributed by atoms with E-state index < -0.39 is 5.97 Å². The molecule has 0 aliphatic heterocycles. The van der Waals surface area contributed by atoms with Gasteiger partial charge in [0.25, 0.3) is 0 Å². The zero-order chi connectivity index (χ0) is 15.7. The number of anilines is 1. The molecule has 0 unspecified atom stereocenters. The minimum absolute atomic E-state index is 0.102. The molecule has 21 heavy (non-hydrogen) atoms. The Bertz CT molecular complexity index is 559. The lowest BCUT2D eigenvalue weighted by Gasteiger charge is -2.07. The van der Waals surface area contributed by atoms with Crippen LogP contribution in [-0.4, -0.2) is 31.6 Å². The Balaban J connectivity index is 2.21. The van der Waals surface area contributed by atoms with Gasteiger partial charge in [-0.3, -0.25) is 4.79 Å². The van der Waals surface area contributed by atoms with Gasteiger partial charge in [0.15, 0.2) is 0 Å². The normalized spacial score (nSPS) is 9.52. The molecule has 0 radical (unpaired) electrons. The fourth-order valence-electron chi connectivity index (χ4n) is 1.37. The zero-order valence-corrected chi connectivity index (χ0v) is 11.8. The van der Waals surface area contributed by atoms with Gasteiger partial charge in [-0.15, -0.1) is 0 Å². The maximum Gasteiger partial charge on any atom is 0.333 e. The van der Waals surface area contributed by atoms with Crippen LogP contribution in [0, 0.1) is 11.3 Å². The summed E-state index contributed by atoms with van der Waals surface area (Å²) in [4.78, 5) is 22.7. The minimum atomic E-state index is -0.446. The number of esters is 1. The van der Waals surface area contributed by atoms with Crippen LogP contribution in [0.2, 0.25) is 0 Å². The van der Waals surface area contributed by atoms with Crippen molar-refractivity contribution in [2.75, 3.05) is 25.0 Å². The Labute approximate surface area is 123 Å². The van der Waals surface area contributed by atoms with Gasteiger partial charge in [-0.05, 0) is 31.2 Å². The van der Waals surface area contributed by atoms with Gasteiger partial charge >= 0.3 is 5.97 Å². The second kappa shape index (κ2) is 8.51. The molecule has 0 aromatic heterocycles. The monoisotopic (exact) mass is 287 g/mol. The molecule has 110 valence electrons. The predicted molar refractivity (Wildman–Crippen MR) is 78.4 cm³/mol. The lowest BCUT2D eigenvalue weighted by molar-refractivity contribution is -0.138. The fraction of sp³-hybridized carbons (Fsp3) is 0.267. The van der Waals surface area contributed by atoms with Crippen molar-refractivity contribution in [3.05, 3.63) is 42.0 Å². The molecule has 0 fully saturated rings. The number of carbonyl (C=O) groups is 2. The molecule has 0 saturated heterocycles. The van der Waals surface area contributed by atoms with Gasteiger partial charge in [-0.1, -0.05) is 6.58 Å². The molecule has 6 nitrogen and oxygen atoms in total. The van der Waals surface area contributed by atoms with E-state index in [4.69, 9.17) is 10.00 Å². The van der Waals surface area contributed by atoms with E-state index in [0.717, 1.165) is 0 Å². The molecule has 1 amide bonds. The van der Waals surface area contributed by atoms with Crippen LogP contribution in [0.25, 0.3) is 0 Å². The smallest absolute Gasteiger partial charge is 0.333 e. The Morgan fingerprint density at radius 1 is 1.33 bits per heavy atom. The number of benzene rings is 1. The van der Waals surface area contributed by atoms with E-state index in [1.165, 1.54) is 0 Å². The third-order valence-corrected chi connectivity index (χ3v) is 2.44. The van der Waals surface area contributed by atoms with E-state index in [1.807, 2.05) is 6.07 Å². The number of nitriles is 1. The minimum Gasteiger partial charge on any atom is -0.461 e. The van der Waals surface area contributed by atoms with Gasteiger partial charge in [0.2, 0.25) is 5.91 Å². The predicted octanol–water partition coefficient (Wildman–Crippen LogP) is 1.21. The molecule has 6 heteroatoms. The van der Waals surface area contributed by atoms with Crippen LogP contribution >= 0.6 is 0 Å². The van der Waals surface area contributed by atoms with E-state index in [1.54, 1.807) is 31.2 Å². The number of nitrogens with one attached hydrogen (secondary N) is 2. The van der Waals surface area contributed by atoms with Gasteiger partial charge in [-0.25, -0.2) is 4.79 Å². The molecule has 0 heterocycles. The Kier molecular flexibility index (Phi) is 6.65. The van der Waals surface area contributed by atoms with E-state index >= 15 is 0 Å². The molecule has 2 N–H and O–H groups in total. The fourth-order valence-corrected chi connectivity index (χ4v) is 1.37. The topological polar surface area (TPSA) is 91.2 Å². The van der Waals surface area contributed by atoms with Crippen molar-refractivity contribution in [1.82, 2.24) is 5.32 Å². The second-order valence-corrected chi connectivity index (χ2v) is 4.33. The maximum atomic E-state index is 11.6. The summed E-state index contributed by atoms with van der Waals surface area (Å²) in [5.41, 5.74) is 1.49. The van der Waals surface area contributed by atoms with Crippen LogP contribution in [-0.2, 0) is 14.3 Å². The lowest BCUT2D eigenvalue weighted by Crippen LogP contribution is -2.31. The van der Waals surface area contributed by atoms with Crippen molar-refractivity contribution in [2.45, 2.75) is 6.92 Å². The molecule has 0 spiro atoms. The summed E-state index contributed by atoms with van der Waals surface area (Å²) in [5, 5.41) is 14.2. The highest BCUT2D eigenvalue weighted by Crippen LogP contribution is 2.08. The first-order valence-corrected chi connectivity index (χ1v) is 6.36. The third kappa shape index (κ3) is 6.36. The third-order valence-electron chi connectivity index (χ3n) is 2.44. The quantitative estimate of drug-likeness (QED) is 0.447. The van der Waals surface area contributed by atoms with E-state index in [0.29, 0.717) is 23.4 Å². The Morgan fingerprint density at radius 2 is 2.00 bits per heavy atom. The van der Waals surface area contributed by atoms with Crippen LogP contribution < -0.4 is 10.6 Å². The molecule has 1 rings (SSSR count). The first-order valence-electron chi connectivity index (χ1n) is 6.36. The van der Waals surface area contributed by atoms with E-state index in [-0.39, 0.29) is 19.1 Å². The summed E-state index contributed by atoms with van der Waals surface area (Å²) in [6, 6.07) is 8.57. The average molecular weight is 287 g/mol. The van der Waals surface area contributed by atoms with E-state index in [2.05, 4.69) is 17.2 Å². The maximum absolute atomic E-state index is 11.6. The molecular formula is C15H17N3O3. The van der Waals surface area contributed by atoms with Crippen LogP contribution in [0.5, 0.6) is 0 Å². The molecule has 1 aromatic carbocycles. The van der Waals surface area contributed by atoms with Gasteiger partial charge in [0.05, 0.1) is 18.2 Å². The van der Waals surface area contributed by atoms with Crippen LogP contribution in [0.4, 0.5) is 5.69 Å². The van der Waals surface area contributed by atoms with Crippen LogP contribution in [0.15, 0.2) is 36.4 Å². The Morgan fingerprint density at radius 3 is 2.57 bits per heavy atom. The molecule has 0 aliphatic carbocycles. The van der Waals surface area contributed by atoms with Crippen molar-refractivity contribution in [3.63, 3.8) is 0 Å². The summed E-state index contributed by atoms with van der Waals surface area (Å²) in [6.45, 7) is 5.69. The molecule has 0 saturated carbocycles. The molecule has 0 aliphatic rings. The van der Waals surface area contributed by atoms with Crippen molar-refractivity contribution in [2.24, 2.45) is 0 Å². The highest BCUT2D eigenvalue weighted by molar-refractivity contribution is 5.92. The van der Waals surface area contributed by atoms with Crippen molar-refractivity contribution < 1.29 is 14.3 Å². The Hall–Kier alpha value is -2.65. The standard InChI is InChI=1S/C15H17N3O3/c1-11(2)15(20)21-8-7-17-10-14(19)18-13-5-3-12(9-16)4-6-13/h3-6,17H,1,7-8,10H2,2H3,(H,18,19). The van der Waals surface area contributed by atoms with Crippen LogP contribution in [0.3, 0.4) is 0 Å². The summed E-state index contributed by atoms with van der Waals surface area (Å²) in [7, 11) is 0.